The Labute approximate surface area is 190 Å². The highest BCUT2D eigenvalue weighted by molar-refractivity contribution is 5.77. The van der Waals surface area contributed by atoms with E-state index < -0.39 is 0 Å². The number of para-hydroxylation sites is 2. The molecule has 0 saturated carbocycles. The van der Waals surface area contributed by atoms with Crippen LogP contribution in [0, 0.1) is 13.8 Å². The van der Waals surface area contributed by atoms with Gasteiger partial charge in [-0.05, 0) is 49.7 Å². The Kier molecular flexibility index (Phi) is 5.42. The van der Waals surface area contributed by atoms with Crippen molar-refractivity contribution >= 4 is 16.9 Å². The largest absolute Gasteiger partial charge is 0.488 e. The van der Waals surface area contributed by atoms with Gasteiger partial charge in [0.25, 0.3) is 0 Å². The van der Waals surface area contributed by atoms with E-state index in [1.165, 1.54) is 0 Å². The van der Waals surface area contributed by atoms with Crippen LogP contribution in [0.2, 0.25) is 0 Å². The van der Waals surface area contributed by atoms with E-state index in [1.807, 2.05) is 50.2 Å². The van der Waals surface area contributed by atoms with Crippen molar-refractivity contribution < 1.29 is 9.53 Å². The van der Waals surface area contributed by atoms with E-state index in [-0.39, 0.29) is 24.1 Å². The summed E-state index contributed by atoms with van der Waals surface area (Å²) in [5.41, 5.74) is 6.12. The van der Waals surface area contributed by atoms with Gasteiger partial charge in [0.1, 0.15) is 11.9 Å². The van der Waals surface area contributed by atoms with Crippen LogP contribution in [0.15, 0.2) is 53.5 Å². The second-order valence-corrected chi connectivity index (χ2v) is 8.36. The van der Waals surface area contributed by atoms with Crippen molar-refractivity contribution in [3.05, 3.63) is 76.1 Å². The predicted molar refractivity (Wildman–Crippen MR) is 125 cm³/mol. The molecule has 1 aliphatic heterocycles. The molecule has 0 aliphatic carbocycles. The first-order valence-corrected chi connectivity index (χ1v) is 11.0. The number of hydrogen-bond donors (Lipinski definition) is 2. The standard InChI is InChI=1S/C25H25N5O3/c1-15-13-26-16(2)24(28-15)17-7-8-22-18(11-17)12-19(33-22)14-27-23(31)9-10-30-21-6-4-3-5-20(21)29-25(30)32/h3-8,11,13,19H,9-10,12,14H2,1-2H3,(H,27,31)(H,29,32). The number of aromatic amines is 1. The molecule has 33 heavy (non-hydrogen) atoms. The second kappa shape index (κ2) is 8.54. The number of hydrogen-bond acceptors (Lipinski definition) is 5. The van der Waals surface area contributed by atoms with Crippen molar-refractivity contribution in [1.29, 1.82) is 0 Å². The van der Waals surface area contributed by atoms with Crippen LogP contribution in [-0.2, 0) is 17.8 Å². The summed E-state index contributed by atoms with van der Waals surface area (Å²) in [6, 6.07) is 13.5. The van der Waals surface area contributed by atoms with Crippen molar-refractivity contribution in [3.8, 4) is 17.0 Å². The summed E-state index contributed by atoms with van der Waals surface area (Å²) in [5.74, 6) is 0.722. The molecule has 0 fully saturated rings. The summed E-state index contributed by atoms with van der Waals surface area (Å²) in [5, 5.41) is 2.94. The molecule has 2 aromatic heterocycles. The number of nitrogens with zero attached hydrogens (tertiary/aromatic N) is 3. The van der Waals surface area contributed by atoms with Gasteiger partial charge in [-0.1, -0.05) is 12.1 Å². The van der Waals surface area contributed by atoms with Crippen LogP contribution in [0.1, 0.15) is 23.4 Å². The van der Waals surface area contributed by atoms with Gasteiger partial charge in [-0.25, -0.2) is 9.78 Å². The molecule has 8 nitrogen and oxygen atoms in total. The summed E-state index contributed by atoms with van der Waals surface area (Å²) in [4.78, 5) is 36.4. The van der Waals surface area contributed by atoms with Crippen molar-refractivity contribution in [1.82, 2.24) is 24.8 Å². The van der Waals surface area contributed by atoms with Crippen LogP contribution < -0.4 is 15.7 Å². The van der Waals surface area contributed by atoms with E-state index in [1.54, 1.807) is 10.8 Å². The fourth-order valence-electron chi connectivity index (χ4n) is 4.25. The number of carbonyl (C=O) groups excluding carboxylic acids is 1. The number of ether oxygens (including phenoxy) is 1. The zero-order valence-corrected chi connectivity index (χ0v) is 18.6. The molecule has 168 valence electrons. The molecule has 0 radical (unpaired) electrons. The third-order valence-corrected chi connectivity index (χ3v) is 5.92. The molecule has 0 bridgehead atoms. The molecule has 4 aromatic rings. The van der Waals surface area contributed by atoms with Crippen LogP contribution >= 0.6 is 0 Å². The number of fused-ring (bicyclic) bond motifs is 2. The topological polar surface area (TPSA) is 102 Å². The fraction of sp³-hybridized carbons (Fsp3) is 0.280. The third kappa shape index (κ3) is 4.24. The number of carbonyl (C=O) groups is 1. The fourth-order valence-corrected chi connectivity index (χ4v) is 4.25. The van der Waals surface area contributed by atoms with Crippen molar-refractivity contribution in [2.45, 2.75) is 39.3 Å². The third-order valence-electron chi connectivity index (χ3n) is 5.92. The van der Waals surface area contributed by atoms with Gasteiger partial charge < -0.3 is 15.0 Å². The first-order valence-electron chi connectivity index (χ1n) is 11.0. The Hall–Kier alpha value is -3.94. The van der Waals surface area contributed by atoms with Gasteiger partial charge in [0, 0.05) is 31.1 Å². The molecule has 1 unspecified atom stereocenters. The summed E-state index contributed by atoms with van der Waals surface area (Å²) < 4.78 is 7.61. The number of amides is 1. The Morgan fingerprint density at radius 3 is 2.97 bits per heavy atom. The summed E-state index contributed by atoms with van der Waals surface area (Å²) in [6.45, 7) is 4.61. The van der Waals surface area contributed by atoms with E-state index in [0.717, 1.165) is 45.0 Å². The van der Waals surface area contributed by atoms with Crippen molar-refractivity contribution in [3.63, 3.8) is 0 Å². The van der Waals surface area contributed by atoms with Crippen LogP contribution in [0.25, 0.3) is 22.3 Å². The number of rotatable bonds is 6. The number of aryl methyl sites for hydroxylation is 3. The molecule has 0 spiro atoms. The Morgan fingerprint density at radius 2 is 2.09 bits per heavy atom. The maximum atomic E-state index is 12.4. The molecule has 1 aliphatic rings. The minimum atomic E-state index is -0.206. The molecule has 3 heterocycles. The van der Waals surface area contributed by atoms with Crippen LogP contribution in [0.3, 0.4) is 0 Å². The van der Waals surface area contributed by atoms with Gasteiger partial charge in [0.05, 0.1) is 34.7 Å². The summed E-state index contributed by atoms with van der Waals surface area (Å²) in [7, 11) is 0. The quantitative estimate of drug-likeness (QED) is 0.477. The normalized spacial score (nSPS) is 14.8. The average molecular weight is 444 g/mol. The van der Waals surface area contributed by atoms with E-state index in [9.17, 15) is 9.59 Å². The van der Waals surface area contributed by atoms with Crippen molar-refractivity contribution in [2.24, 2.45) is 0 Å². The Bertz CT molecular complexity index is 1400. The Balaban J connectivity index is 1.18. The SMILES string of the molecule is Cc1cnc(C)c(-c2ccc3c(c2)CC(CNC(=O)CCn2c(=O)[nH]c4ccccc42)O3)n1. The first-order chi connectivity index (χ1) is 16.0. The molecule has 2 aromatic carbocycles. The van der Waals surface area contributed by atoms with E-state index in [0.29, 0.717) is 19.5 Å². The number of H-pyrrole nitrogens is 1. The number of imidazole rings is 1. The van der Waals surface area contributed by atoms with Gasteiger partial charge in [0.15, 0.2) is 0 Å². The van der Waals surface area contributed by atoms with Gasteiger partial charge in [-0.2, -0.15) is 0 Å². The lowest BCUT2D eigenvalue weighted by Gasteiger charge is -2.12. The lowest BCUT2D eigenvalue weighted by molar-refractivity contribution is -0.121. The zero-order chi connectivity index (χ0) is 22.9. The second-order valence-electron chi connectivity index (χ2n) is 8.36. The minimum absolute atomic E-state index is 0.113. The van der Waals surface area contributed by atoms with E-state index >= 15 is 0 Å². The smallest absolute Gasteiger partial charge is 0.326 e. The van der Waals surface area contributed by atoms with E-state index in [2.05, 4.69) is 26.3 Å². The summed E-state index contributed by atoms with van der Waals surface area (Å²) in [6.07, 6.45) is 2.57. The molecule has 5 rings (SSSR count). The lowest BCUT2D eigenvalue weighted by Crippen LogP contribution is -2.35. The molecular weight excluding hydrogens is 418 g/mol. The maximum absolute atomic E-state index is 12.4. The molecule has 0 saturated heterocycles. The van der Waals surface area contributed by atoms with Crippen LogP contribution in [0.5, 0.6) is 5.75 Å². The molecular formula is C25H25N5O3. The Morgan fingerprint density at radius 1 is 1.24 bits per heavy atom. The zero-order valence-electron chi connectivity index (χ0n) is 18.6. The molecule has 8 heteroatoms. The van der Waals surface area contributed by atoms with Gasteiger partial charge in [-0.15, -0.1) is 0 Å². The van der Waals surface area contributed by atoms with Gasteiger partial charge in [0.2, 0.25) is 5.91 Å². The molecule has 1 amide bonds. The van der Waals surface area contributed by atoms with Crippen LogP contribution in [-0.4, -0.2) is 38.1 Å². The average Bonchev–Trinajstić information content (AvgIpc) is 3.36. The molecule has 2 N–H and O–H groups in total. The number of benzene rings is 2. The van der Waals surface area contributed by atoms with Crippen LogP contribution in [0.4, 0.5) is 0 Å². The van der Waals surface area contributed by atoms with Gasteiger partial charge >= 0.3 is 5.69 Å². The highest BCUT2D eigenvalue weighted by Crippen LogP contribution is 2.33. The number of aromatic nitrogens is 4. The molecule has 1 atom stereocenters. The maximum Gasteiger partial charge on any atom is 0.326 e. The monoisotopic (exact) mass is 443 g/mol. The lowest BCUT2D eigenvalue weighted by atomic mass is 10.0. The summed E-state index contributed by atoms with van der Waals surface area (Å²) >= 11 is 0. The minimum Gasteiger partial charge on any atom is -0.488 e. The first kappa shape index (κ1) is 20.9. The predicted octanol–water partition coefficient (Wildman–Crippen LogP) is 2.91. The van der Waals surface area contributed by atoms with E-state index in [4.69, 9.17) is 4.74 Å². The highest BCUT2D eigenvalue weighted by Gasteiger charge is 2.24. The highest BCUT2D eigenvalue weighted by atomic mass is 16.5. The van der Waals surface area contributed by atoms with Crippen molar-refractivity contribution in [2.75, 3.05) is 6.54 Å². The number of nitrogens with one attached hydrogen (secondary N) is 2. The van der Waals surface area contributed by atoms with Gasteiger partial charge in [-0.3, -0.25) is 14.3 Å².